The van der Waals surface area contributed by atoms with Gasteiger partial charge in [0.2, 0.25) is 11.8 Å². The Labute approximate surface area is 124 Å². The van der Waals surface area contributed by atoms with Gasteiger partial charge in [-0.05, 0) is 24.1 Å². The minimum Gasteiger partial charge on any atom is -0.494 e. The first kappa shape index (κ1) is 15.6. The summed E-state index contributed by atoms with van der Waals surface area (Å²) < 4.78 is 18.3. The zero-order valence-electron chi connectivity index (χ0n) is 11.6. The molecule has 0 aliphatic carbocycles. The SMILES string of the molecule is COc1ccc(CCC(=O)C2C(=O)NC(=O)NC2=O)cc1F. The van der Waals surface area contributed by atoms with E-state index in [-0.39, 0.29) is 18.6 Å². The zero-order valence-corrected chi connectivity index (χ0v) is 11.6. The lowest BCUT2D eigenvalue weighted by molar-refractivity contribution is -0.142. The molecule has 0 saturated carbocycles. The number of carbonyl (C=O) groups excluding carboxylic acids is 4. The first-order valence-corrected chi connectivity index (χ1v) is 6.43. The van der Waals surface area contributed by atoms with Gasteiger partial charge in [0, 0.05) is 6.42 Å². The Kier molecular flexibility index (Phi) is 4.50. The number of methoxy groups -OCH3 is 1. The minimum absolute atomic E-state index is 0.0830. The maximum absolute atomic E-state index is 13.5. The summed E-state index contributed by atoms with van der Waals surface area (Å²) in [4.78, 5) is 45.9. The molecule has 2 rings (SSSR count). The second-order valence-electron chi connectivity index (χ2n) is 4.68. The van der Waals surface area contributed by atoms with E-state index in [1.807, 2.05) is 10.6 Å². The fraction of sp³-hybridized carbons (Fsp3) is 0.286. The van der Waals surface area contributed by atoms with E-state index in [1.165, 1.54) is 19.2 Å². The molecule has 1 fully saturated rings. The Bertz CT molecular complexity index is 639. The van der Waals surface area contributed by atoms with Crippen molar-refractivity contribution in [3.63, 3.8) is 0 Å². The summed E-state index contributed by atoms with van der Waals surface area (Å²) in [6.45, 7) is 0. The lowest BCUT2D eigenvalue weighted by atomic mass is 9.95. The van der Waals surface area contributed by atoms with E-state index >= 15 is 0 Å². The van der Waals surface area contributed by atoms with Crippen molar-refractivity contribution in [1.29, 1.82) is 0 Å². The lowest BCUT2D eigenvalue weighted by Crippen LogP contribution is -2.57. The molecule has 1 aromatic rings. The number of halogens is 1. The van der Waals surface area contributed by atoms with E-state index in [2.05, 4.69) is 0 Å². The Balaban J connectivity index is 2.00. The van der Waals surface area contributed by atoms with Gasteiger partial charge in [-0.25, -0.2) is 9.18 Å². The Morgan fingerprint density at radius 2 is 1.86 bits per heavy atom. The molecule has 1 heterocycles. The number of benzene rings is 1. The van der Waals surface area contributed by atoms with Crippen molar-refractivity contribution in [1.82, 2.24) is 10.6 Å². The number of Topliss-reactive ketones (excluding diaryl/α,β-unsaturated/α-hetero) is 1. The summed E-state index contributed by atoms with van der Waals surface area (Å²) in [5, 5.41) is 3.71. The van der Waals surface area contributed by atoms with Crippen LogP contribution in [-0.2, 0) is 20.8 Å². The predicted molar refractivity (Wildman–Crippen MR) is 71.5 cm³/mol. The van der Waals surface area contributed by atoms with Crippen LogP contribution in [0.1, 0.15) is 12.0 Å². The van der Waals surface area contributed by atoms with Gasteiger partial charge in [-0.15, -0.1) is 0 Å². The average molecular weight is 308 g/mol. The number of carbonyl (C=O) groups is 4. The van der Waals surface area contributed by atoms with Crippen molar-refractivity contribution in [2.24, 2.45) is 5.92 Å². The van der Waals surface area contributed by atoms with Crippen molar-refractivity contribution in [3.05, 3.63) is 29.6 Å². The average Bonchev–Trinajstić information content (AvgIpc) is 2.44. The fourth-order valence-electron chi connectivity index (χ4n) is 2.09. The Morgan fingerprint density at radius 1 is 1.23 bits per heavy atom. The smallest absolute Gasteiger partial charge is 0.328 e. The highest BCUT2D eigenvalue weighted by Crippen LogP contribution is 2.19. The highest BCUT2D eigenvalue weighted by molar-refractivity contribution is 6.26. The molecule has 0 bridgehead atoms. The number of imide groups is 2. The van der Waals surface area contributed by atoms with Gasteiger partial charge in [0.25, 0.3) is 0 Å². The molecule has 1 aromatic carbocycles. The number of hydrogen-bond acceptors (Lipinski definition) is 5. The van der Waals surface area contributed by atoms with E-state index in [1.54, 1.807) is 6.07 Å². The number of aryl methyl sites for hydroxylation is 1. The minimum atomic E-state index is -1.55. The predicted octanol–water partition coefficient (Wildman–Crippen LogP) is 0.318. The van der Waals surface area contributed by atoms with Gasteiger partial charge in [-0.3, -0.25) is 25.0 Å². The zero-order chi connectivity index (χ0) is 16.3. The third-order valence-corrected chi connectivity index (χ3v) is 3.20. The van der Waals surface area contributed by atoms with Gasteiger partial charge < -0.3 is 4.74 Å². The summed E-state index contributed by atoms with van der Waals surface area (Å²) in [6, 6.07) is 3.28. The van der Waals surface area contributed by atoms with Gasteiger partial charge in [0.05, 0.1) is 7.11 Å². The number of hydrogen-bond donors (Lipinski definition) is 2. The van der Waals surface area contributed by atoms with E-state index in [0.717, 1.165) is 0 Å². The molecule has 0 spiro atoms. The largest absolute Gasteiger partial charge is 0.494 e. The second kappa shape index (κ2) is 6.33. The van der Waals surface area contributed by atoms with Gasteiger partial charge in [-0.2, -0.15) is 0 Å². The summed E-state index contributed by atoms with van der Waals surface area (Å²) >= 11 is 0. The van der Waals surface area contributed by atoms with E-state index < -0.39 is 35.4 Å². The van der Waals surface area contributed by atoms with Crippen LogP contribution in [0.3, 0.4) is 0 Å². The topological polar surface area (TPSA) is 102 Å². The van der Waals surface area contributed by atoms with Crippen LogP contribution in [0.15, 0.2) is 18.2 Å². The molecule has 0 unspecified atom stereocenters. The van der Waals surface area contributed by atoms with Crippen molar-refractivity contribution in [2.45, 2.75) is 12.8 Å². The molecular weight excluding hydrogens is 295 g/mol. The van der Waals surface area contributed by atoms with Crippen LogP contribution in [-0.4, -0.2) is 30.7 Å². The Hall–Kier alpha value is -2.77. The van der Waals surface area contributed by atoms with Crippen LogP contribution in [0.4, 0.5) is 9.18 Å². The van der Waals surface area contributed by atoms with Crippen LogP contribution in [0.5, 0.6) is 5.75 Å². The van der Waals surface area contributed by atoms with Crippen molar-refractivity contribution >= 4 is 23.6 Å². The summed E-state index contributed by atoms with van der Waals surface area (Å²) in [6.07, 6.45) is 0.0240. The highest BCUT2D eigenvalue weighted by Gasteiger charge is 2.39. The summed E-state index contributed by atoms with van der Waals surface area (Å²) in [7, 11) is 1.34. The third kappa shape index (κ3) is 3.27. The molecule has 0 atom stereocenters. The fourth-order valence-corrected chi connectivity index (χ4v) is 2.09. The maximum atomic E-state index is 13.5. The van der Waals surface area contributed by atoms with Gasteiger partial charge in [-0.1, -0.05) is 6.07 Å². The maximum Gasteiger partial charge on any atom is 0.328 e. The first-order chi connectivity index (χ1) is 10.4. The number of nitrogens with one attached hydrogen (secondary N) is 2. The molecule has 8 heteroatoms. The number of rotatable bonds is 5. The first-order valence-electron chi connectivity index (χ1n) is 6.43. The van der Waals surface area contributed by atoms with E-state index in [4.69, 9.17) is 4.74 Å². The van der Waals surface area contributed by atoms with Gasteiger partial charge >= 0.3 is 6.03 Å². The molecule has 7 nitrogen and oxygen atoms in total. The standard InChI is InChI=1S/C14H13FN2O5/c1-22-10-5-3-7(6-8(10)15)2-4-9(18)11-12(19)16-14(21)17-13(11)20/h3,5-6,11H,2,4H2,1H3,(H2,16,17,19,20,21). The highest BCUT2D eigenvalue weighted by atomic mass is 19.1. The quantitative estimate of drug-likeness (QED) is 0.763. The van der Waals surface area contributed by atoms with Crippen LogP contribution in [0, 0.1) is 11.7 Å². The molecule has 22 heavy (non-hydrogen) atoms. The van der Waals surface area contributed by atoms with Crippen LogP contribution < -0.4 is 15.4 Å². The number of ketones is 1. The van der Waals surface area contributed by atoms with Crippen molar-refractivity contribution in [2.75, 3.05) is 7.11 Å². The van der Waals surface area contributed by atoms with Crippen LogP contribution in [0.2, 0.25) is 0 Å². The molecule has 1 aliphatic rings. The van der Waals surface area contributed by atoms with E-state index in [0.29, 0.717) is 5.56 Å². The summed E-state index contributed by atoms with van der Waals surface area (Å²) in [5.74, 6) is -4.57. The lowest BCUT2D eigenvalue weighted by Gasteiger charge is -2.19. The third-order valence-electron chi connectivity index (χ3n) is 3.20. The second-order valence-corrected chi connectivity index (χ2v) is 4.68. The molecule has 0 radical (unpaired) electrons. The number of ether oxygens (including phenoxy) is 1. The molecule has 0 aromatic heterocycles. The van der Waals surface area contributed by atoms with Crippen LogP contribution in [0.25, 0.3) is 0 Å². The van der Waals surface area contributed by atoms with E-state index in [9.17, 15) is 23.6 Å². The van der Waals surface area contributed by atoms with Crippen molar-refractivity contribution < 1.29 is 28.3 Å². The molecule has 2 N–H and O–H groups in total. The monoisotopic (exact) mass is 308 g/mol. The van der Waals surface area contributed by atoms with Crippen molar-refractivity contribution in [3.8, 4) is 5.75 Å². The van der Waals surface area contributed by atoms with Gasteiger partial charge in [0.15, 0.2) is 23.3 Å². The molecule has 116 valence electrons. The number of amides is 4. The molecule has 1 aliphatic heterocycles. The summed E-state index contributed by atoms with van der Waals surface area (Å²) in [5.41, 5.74) is 0.527. The number of barbiturate groups is 1. The Morgan fingerprint density at radius 3 is 2.41 bits per heavy atom. The molecule has 1 saturated heterocycles. The normalized spacial score (nSPS) is 15.3. The van der Waals surface area contributed by atoms with Crippen LogP contribution >= 0.6 is 0 Å². The number of urea groups is 1. The van der Waals surface area contributed by atoms with Gasteiger partial charge in [0.1, 0.15) is 0 Å². The molecular formula is C14H13FN2O5. The molecule has 4 amide bonds.